The summed E-state index contributed by atoms with van der Waals surface area (Å²) in [7, 11) is 0. The summed E-state index contributed by atoms with van der Waals surface area (Å²) < 4.78 is 0. The van der Waals surface area contributed by atoms with E-state index in [9.17, 15) is 0 Å². The van der Waals surface area contributed by atoms with Crippen LogP contribution in [0.4, 0.5) is 0 Å². The first-order chi connectivity index (χ1) is 13.2. The lowest BCUT2D eigenvalue weighted by Crippen LogP contribution is -2.35. The molecule has 0 fully saturated rings. The molecular weight excluding hydrogens is 377 g/mol. The Morgan fingerprint density at radius 1 is 0.852 bits per heavy atom. The molecule has 5 heteroatoms. The van der Waals surface area contributed by atoms with E-state index < -0.39 is 0 Å². The van der Waals surface area contributed by atoms with Crippen LogP contribution in [0.15, 0.2) is 83.9 Å². The Labute approximate surface area is 169 Å². The van der Waals surface area contributed by atoms with Crippen molar-refractivity contribution in [3.8, 4) is 0 Å². The van der Waals surface area contributed by atoms with Gasteiger partial charge in [0.15, 0.2) is 5.96 Å². The lowest BCUT2D eigenvalue weighted by molar-refractivity contribution is 0.570. The van der Waals surface area contributed by atoms with Gasteiger partial charge in [-0.15, -0.1) is 0 Å². The SMILES string of the molecule is Clc1ccc(CNC2=N[C@@H](c3ccccc3)[C@H](c3ccccc3)N2)c(Cl)c1. The van der Waals surface area contributed by atoms with Crippen LogP contribution in [0.1, 0.15) is 28.8 Å². The largest absolute Gasteiger partial charge is 0.352 e. The highest BCUT2D eigenvalue weighted by molar-refractivity contribution is 6.35. The Morgan fingerprint density at radius 3 is 2.19 bits per heavy atom. The van der Waals surface area contributed by atoms with Crippen molar-refractivity contribution >= 4 is 29.2 Å². The Kier molecular flexibility index (Phi) is 5.33. The van der Waals surface area contributed by atoms with Crippen LogP contribution in [-0.2, 0) is 6.54 Å². The van der Waals surface area contributed by atoms with Gasteiger partial charge in [0.2, 0.25) is 0 Å². The average Bonchev–Trinajstić information content (AvgIpc) is 3.13. The summed E-state index contributed by atoms with van der Waals surface area (Å²) in [6.45, 7) is 0.574. The van der Waals surface area contributed by atoms with Gasteiger partial charge in [0.1, 0.15) is 6.04 Å². The Bertz CT molecular complexity index is 942. The zero-order valence-corrected chi connectivity index (χ0v) is 16.1. The van der Waals surface area contributed by atoms with Crippen molar-refractivity contribution in [2.75, 3.05) is 0 Å². The minimum Gasteiger partial charge on any atom is -0.352 e. The number of halogens is 2. The molecule has 1 heterocycles. The molecule has 2 atom stereocenters. The average molecular weight is 396 g/mol. The Hall–Kier alpha value is -2.49. The number of hydrogen-bond acceptors (Lipinski definition) is 3. The zero-order valence-electron chi connectivity index (χ0n) is 14.6. The van der Waals surface area contributed by atoms with E-state index >= 15 is 0 Å². The van der Waals surface area contributed by atoms with Crippen molar-refractivity contribution in [3.63, 3.8) is 0 Å². The molecule has 0 bridgehead atoms. The molecule has 0 unspecified atom stereocenters. The van der Waals surface area contributed by atoms with Crippen molar-refractivity contribution in [1.29, 1.82) is 0 Å². The molecule has 0 aromatic heterocycles. The predicted octanol–water partition coefficient (Wildman–Crippen LogP) is 5.52. The monoisotopic (exact) mass is 395 g/mol. The molecule has 136 valence electrons. The van der Waals surface area contributed by atoms with E-state index in [0.29, 0.717) is 16.6 Å². The molecule has 3 aromatic carbocycles. The van der Waals surface area contributed by atoms with Crippen molar-refractivity contribution in [2.24, 2.45) is 4.99 Å². The fraction of sp³-hybridized carbons (Fsp3) is 0.136. The zero-order chi connectivity index (χ0) is 18.6. The standard InChI is InChI=1S/C22H19Cl2N3/c23-18-12-11-17(19(24)13-18)14-25-22-26-20(15-7-3-1-4-8-15)21(27-22)16-9-5-2-6-10-16/h1-13,20-21H,14H2,(H2,25,26,27)/t20-,21-/m0/s1. The van der Waals surface area contributed by atoms with Gasteiger partial charge in [0.25, 0.3) is 0 Å². The molecule has 0 saturated carbocycles. The van der Waals surface area contributed by atoms with Crippen molar-refractivity contribution in [3.05, 3.63) is 106 Å². The normalized spacial score (nSPS) is 18.7. The maximum Gasteiger partial charge on any atom is 0.192 e. The second-order valence-corrected chi connectivity index (χ2v) is 7.30. The molecule has 3 nitrogen and oxygen atoms in total. The second-order valence-electron chi connectivity index (χ2n) is 6.46. The number of rotatable bonds is 4. The second kappa shape index (κ2) is 8.03. The fourth-order valence-electron chi connectivity index (χ4n) is 3.26. The number of benzene rings is 3. The molecule has 1 aliphatic heterocycles. The Balaban J connectivity index is 1.56. The highest BCUT2D eigenvalue weighted by Gasteiger charge is 2.31. The smallest absolute Gasteiger partial charge is 0.192 e. The highest BCUT2D eigenvalue weighted by Crippen LogP contribution is 2.35. The van der Waals surface area contributed by atoms with Gasteiger partial charge in [-0.1, -0.05) is 89.9 Å². The lowest BCUT2D eigenvalue weighted by atomic mass is 9.95. The molecule has 2 N–H and O–H groups in total. The van der Waals surface area contributed by atoms with E-state index in [1.165, 1.54) is 11.1 Å². The van der Waals surface area contributed by atoms with Crippen LogP contribution in [0.5, 0.6) is 0 Å². The summed E-state index contributed by atoms with van der Waals surface area (Å²) >= 11 is 12.3. The summed E-state index contributed by atoms with van der Waals surface area (Å²) in [5.74, 6) is 0.767. The van der Waals surface area contributed by atoms with Gasteiger partial charge >= 0.3 is 0 Å². The number of nitrogens with one attached hydrogen (secondary N) is 2. The summed E-state index contributed by atoms with van der Waals surface area (Å²) in [4.78, 5) is 4.90. The van der Waals surface area contributed by atoms with Gasteiger partial charge in [-0.05, 0) is 28.8 Å². The molecule has 3 aromatic rings. The highest BCUT2D eigenvalue weighted by atomic mass is 35.5. The molecule has 0 spiro atoms. The Morgan fingerprint density at radius 2 is 1.52 bits per heavy atom. The third kappa shape index (κ3) is 4.10. The van der Waals surface area contributed by atoms with Gasteiger partial charge in [0, 0.05) is 16.6 Å². The minimum absolute atomic E-state index is 0.0109. The van der Waals surface area contributed by atoms with Crippen LogP contribution in [0.2, 0.25) is 10.0 Å². The van der Waals surface area contributed by atoms with Crippen LogP contribution in [-0.4, -0.2) is 5.96 Å². The van der Waals surface area contributed by atoms with E-state index in [0.717, 1.165) is 11.5 Å². The quantitative estimate of drug-likeness (QED) is 0.609. The number of guanidine groups is 1. The number of hydrogen-bond donors (Lipinski definition) is 2. The van der Waals surface area contributed by atoms with Crippen LogP contribution in [0.3, 0.4) is 0 Å². The van der Waals surface area contributed by atoms with Gasteiger partial charge < -0.3 is 10.6 Å². The molecule has 0 aliphatic carbocycles. The van der Waals surface area contributed by atoms with Gasteiger partial charge in [-0.2, -0.15) is 0 Å². The third-order valence-electron chi connectivity index (χ3n) is 4.64. The topological polar surface area (TPSA) is 36.4 Å². The maximum absolute atomic E-state index is 6.28. The fourth-order valence-corrected chi connectivity index (χ4v) is 3.74. The van der Waals surface area contributed by atoms with E-state index in [1.54, 1.807) is 6.07 Å². The molecule has 0 radical (unpaired) electrons. The van der Waals surface area contributed by atoms with Crippen LogP contribution >= 0.6 is 23.2 Å². The van der Waals surface area contributed by atoms with Crippen molar-refractivity contribution < 1.29 is 0 Å². The van der Waals surface area contributed by atoms with E-state index in [4.69, 9.17) is 28.2 Å². The van der Waals surface area contributed by atoms with Crippen LogP contribution in [0, 0.1) is 0 Å². The van der Waals surface area contributed by atoms with Crippen LogP contribution in [0.25, 0.3) is 0 Å². The van der Waals surface area contributed by atoms with E-state index in [1.807, 2.05) is 36.4 Å². The molecule has 4 rings (SSSR count). The first-order valence-electron chi connectivity index (χ1n) is 8.83. The molecule has 0 saturated heterocycles. The molecule has 0 amide bonds. The first-order valence-corrected chi connectivity index (χ1v) is 9.58. The van der Waals surface area contributed by atoms with Gasteiger partial charge in [0.05, 0.1) is 6.04 Å². The first kappa shape index (κ1) is 17.9. The number of nitrogens with zero attached hydrogens (tertiary/aromatic N) is 1. The molecule has 27 heavy (non-hydrogen) atoms. The predicted molar refractivity (Wildman–Crippen MR) is 112 cm³/mol. The molecule has 1 aliphatic rings. The summed E-state index contributed by atoms with van der Waals surface area (Å²) in [5.41, 5.74) is 3.36. The summed E-state index contributed by atoms with van der Waals surface area (Å²) in [6, 6.07) is 26.3. The van der Waals surface area contributed by atoms with Crippen LogP contribution < -0.4 is 10.6 Å². The van der Waals surface area contributed by atoms with Gasteiger partial charge in [-0.3, -0.25) is 0 Å². The maximum atomic E-state index is 6.28. The van der Waals surface area contributed by atoms with Crippen molar-refractivity contribution in [2.45, 2.75) is 18.6 Å². The minimum atomic E-state index is 0.0109. The van der Waals surface area contributed by atoms with E-state index in [-0.39, 0.29) is 12.1 Å². The number of aliphatic imine (C=N–C) groups is 1. The van der Waals surface area contributed by atoms with Crippen molar-refractivity contribution in [1.82, 2.24) is 10.6 Å². The lowest BCUT2D eigenvalue weighted by Gasteiger charge is -2.19. The van der Waals surface area contributed by atoms with Gasteiger partial charge in [-0.25, -0.2) is 4.99 Å². The third-order valence-corrected chi connectivity index (χ3v) is 5.22. The summed E-state index contributed by atoms with van der Waals surface area (Å²) in [5, 5.41) is 8.17. The molecular formula is C22H19Cl2N3. The van der Waals surface area contributed by atoms with E-state index in [2.05, 4.69) is 47.0 Å². The summed E-state index contributed by atoms with van der Waals surface area (Å²) in [6.07, 6.45) is 0.